The lowest BCUT2D eigenvalue weighted by atomic mass is 10.1. The van der Waals surface area contributed by atoms with Gasteiger partial charge < -0.3 is 10.4 Å². The molecule has 3 rings (SSSR count). The maximum Gasteiger partial charge on any atom is 0.307 e. The molecule has 0 saturated carbocycles. The average molecular weight is 368 g/mol. The van der Waals surface area contributed by atoms with Gasteiger partial charge in [0, 0.05) is 23.1 Å². The quantitative estimate of drug-likeness (QED) is 0.679. The zero-order valence-electron chi connectivity index (χ0n) is 14.9. The van der Waals surface area contributed by atoms with Gasteiger partial charge in [-0.15, -0.1) is 11.3 Å². The summed E-state index contributed by atoms with van der Waals surface area (Å²) in [6.45, 7) is 6.02. The summed E-state index contributed by atoms with van der Waals surface area (Å²) < 4.78 is 0. The van der Waals surface area contributed by atoms with Gasteiger partial charge in [0.05, 0.1) is 16.3 Å². The molecule has 6 nitrogen and oxygen atoms in total. The largest absolute Gasteiger partial charge is 0.481 e. The van der Waals surface area contributed by atoms with Crippen LogP contribution in [0.25, 0.3) is 10.7 Å². The van der Waals surface area contributed by atoms with E-state index in [-0.39, 0.29) is 6.42 Å². The Balaban J connectivity index is 1.92. The predicted molar refractivity (Wildman–Crippen MR) is 103 cm³/mol. The standard InChI is InChI=1S/C19H20N4O2S/c1-4-15-11(2)21-19(16-10-20-12(3)26-16)23-18(15)22-14-7-5-13(6-8-14)9-17(24)25/h5-8,10H,4,9H2,1-3H3,(H,24,25)(H,21,22,23). The van der Waals surface area contributed by atoms with Crippen LogP contribution in [0, 0.1) is 13.8 Å². The van der Waals surface area contributed by atoms with Crippen molar-refractivity contribution in [3.8, 4) is 10.7 Å². The van der Waals surface area contributed by atoms with E-state index in [1.807, 2.05) is 38.1 Å². The number of benzene rings is 1. The molecule has 3 aromatic rings. The first-order valence-corrected chi connectivity index (χ1v) is 9.16. The number of hydrogen-bond acceptors (Lipinski definition) is 6. The number of carboxylic acids is 1. The van der Waals surface area contributed by atoms with Crippen LogP contribution in [0.3, 0.4) is 0 Å². The highest BCUT2D eigenvalue weighted by Gasteiger charge is 2.13. The summed E-state index contributed by atoms with van der Waals surface area (Å²) in [5.41, 5.74) is 3.62. The fraction of sp³-hybridized carbons (Fsp3) is 0.263. The number of thiazole rings is 1. The number of anilines is 2. The third-order valence-corrected chi connectivity index (χ3v) is 4.89. The average Bonchev–Trinajstić information content (AvgIpc) is 3.02. The molecule has 134 valence electrons. The summed E-state index contributed by atoms with van der Waals surface area (Å²) >= 11 is 1.57. The third-order valence-electron chi connectivity index (χ3n) is 3.98. The second-order valence-electron chi connectivity index (χ2n) is 5.95. The van der Waals surface area contributed by atoms with Gasteiger partial charge >= 0.3 is 5.97 Å². The minimum absolute atomic E-state index is 0.0159. The van der Waals surface area contributed by atoms with Crippen molar-refractivity contribution in [1.29, 1.82) is 0 Å². The molecule has 7 heteroatoms. The molecular formula is C19H20N4O2S. The predicted octanol–water partition coefficient (Wildman–Crippen LogP) is 4.15. The number of aliphatic carboxylic acids is 1. The van der Waals surface area contributed by atoms with Crippen molar-refractivity contribution in [2.75, 3.05) is 5.32 Å². The smallest absolute Gasteiger partial charge is 0.307 e. The van der Waals surface area contributed by atoms with E-state index < -0.39 is 5.97 Å². The van der Waals surface area contributed by atoms with Gasteiger partial charge in [0.1, 0.15) is 5.82 Å². The molecule has 0 aliphatic heterocycles. The first-order chi connectivity index (χ1) is 12.5. The monoisotopic (exact) mass is 368 g/mol. The van der Waals surface area contributed by atoms with Crippen LogP contribution in [0.4, 0.5) is 11.5 Å². The number of nitrogens with one attached hydrogen (secondary N) is 1. The lowest BCUT2D eigenvalue weighted by Crippen LogP contribution is -2.05. The maximum atomic E-state index is 10.8. The summed E-state index contributed by atoms with van der Waals surface area (Å²) in [6, 6.07) is 7.35. The number of rotatable bonds is 6. The molecule has 0 saturated heterocycles. The summed E-state index contributed by atoms with van der Waals surface area (Å²) in [7, 11) is 0. The highest BCUT2D eigenvalue weighted by atomic mass is 32.1. The van der Waals surface area contributed by atoms with Crippen LogP contribution in [0.2, 0.25) is 0 Å². The van der Waals surface area contributed by atoms with E-state index >= 15 is 0 Å². The van der Waals surface area contributed by atoms with Gasteiger partial charge in [0.25, 0.3) is 0 Å². The lowest BCUT2D eigenvalue weighted by molar-refractivity contribution is -0.136. The molecule has 26 heavy (non-hydrogen) atoms. The minimum Gasteiger partial charge on any atom is -0.481 e. The van der Waals surface area contributed by atoms with Gasteiger partial charge in [-0.25, -0.2) is 15.0 Å². The maximum absolute atomic E-state index is 10.8. The molecular weight excluding hydrogens is 348 g/mol. The number of hydrogen-bond donors (Lipinski definition) is 2. The van der Waals surface area contributed by atoms with Crippen molar-refractivity contribution >= 4 is 28.8 Å². The lowest BCUT2D eigenvalue weighted by Gasteiger charge is -2.13. The normalized spacial score (nSPS) is 10.7. The van der Waals surface area contributed by atoms with Crippen LogP contribution in [0.5, 0.6) is 0 Å². The van der Waals surface area contributed by atoms with E-state index in [0.717, 1.165) is 44.6 Å². The zero-order valence-corrected chi connectivity index (χ0v) is 15.7. The van der Waals surface area contributed by atoms with E-state index in [0.29, 0.717) is 5.82 Å². The molecule has 1 aromatic carbocycles. The minimum atomic E-state index is -0.838. The van der Waals surface area contributed by atoms with E-state index in [1.165, 1.54) is 0 Å². The molecule has 0 spiro atoms. The molecule has 0 unspecified atom stereocenters. The first kappa shape index (κ1) is 18.0. The number of nitrogens with zero attached hydrogens (tertiary/aromatic N) is 3. The molecule has 0 fully saturated rings. The second kappa shape index (κ2) is 7.61. The Morgan fingerprint density at radius 3 is 2.50 bits per heavy atom. The van der Waals surface area contributed by atoms with Crippen molar-refractivity contribution in [2.45, 2.75) is 33.6 Å². The highest BCUT2D eigenvalue weighted by molar-refractivity contribution is 7.14. The van der Waals surface area contributed by atoms with Crippen LogP contribution in [-0.2, 0) is 17.6 Å². The van der Waals surface area contributed by atoms with Gasteiger partial charge in [-0.2, -0.15) is 0 Å². The molecule has 0 aliphatic rings. The molecule has 0 radical (unpaired) electrons. The van der Waals surface area contributed by atoms with E-state index in [1.54, 1.807) is 17.5 Å². The number of carboxylic acid groups (broad SMARTS) is 1. The van der Waals surface area contributed by atoms with Gasteiger partial charge in [-0.1, -0.05) is 19.1 Å². The van der Waals surface area contributed by atoms with Gasteiger partial charge in [0.15, 0.2) is 5.82 Å². The molecule has 0 aliphatic carbocycles. The fourth-order valence-electron chi connectivity index (χ4n) is 2.71. The van der Waals surface area contributed by atoms with E-state index in [9.17, 15) is 4.79 Å². The molecule has 2 heterocycles. The highest BCUT2D eigenvalue weighted by Crippen LogP contribution is 2.28. The summed E-state index contributed by atoms with van der Waals surface area (Å²) in [5.74, 6) is 0.595. The first-order valence-electron chi connectivity index (χ1n) is 8.34. The fourth-order valence-corrected chi connectivity index (χ4v) is 3.43. The SMILES string of the molecule is CCc1c(C)nc(-c2cnc(C)s2)nc1Nc1ccc(CC(=O)O)cc1. The van der Waals surface area contributed by atoms with Gasteiger partial charge in [0.2, 0.25) is 0 Å². The van der Waals surface area contributed by atoms with Crippen LogP contribution in [0.15, 0.2) is 30.5 Å². The van der Waals surface area contributed by atoms with Crippen LogP contribution < -0.4 is 5.32 Å². The third kappa shape index (κ3) is 4.05. The summed E-state index contributed by atoms with van der Waals surface area (Å²) in [6.07, 6.45) is 2.63. The van der Waals surface area contributed by atoms with Gasteiger partial charge in [-0.05, 0) is 38.0 Å². The van der Waals surface area contributed by atoms with E-state index in [2.05, 4.69) is 22.2 Å². The topological polar surface area (TPSA) is 88.0 Å². The molecule has 0 atom stereocenters. The van der Waals surface area contributed by atoms with Crippen LogP contribution >= 0.6 is 11.3 Å². The van der Waals surface area contributed by atoms with Crippen molar-refractivity contribution < 1.29 is 9.90 Å². The van der Waals surface area contributed by atoms with Crippen molar-refractivity contribution in [3.05, 3.63) is 52.3 Å². The van der Waals surface area contributed by atoms with Crippen molar-refractivity contribution in [2.24, 2.45) is 0 Å². The molecule has 0 amide bonds. The summed E-state index contributed by atoms with van der Waals surface area (Å²) in [4.78, 5) is 25.4. The molecule has 0 bridgehead atoms. The second-order valence-corrected chi connectivity index (χ2v) is 7.18. The molecule has 2 aromatic heterocycles. The van der Waals surface area contributed by atoms with Crippen LogP contribution in [0.1, 0.15) is 28.8 Å². The Bertz CT molecular complexity index is 935. The Morgan fingerprint density at radius 1 is 1.19 bits per heavy atom. The molecule has 2 N–H and O–H groups in total. The number of aryl methyl sites for hydroxylation is 2. The Labute approximate surface area is 156 Å². The van der Waals surface area contributed by atoms with Crippen molar-refractivity contribution in [3.63, 3.8) is 0 Å². The van der Waals surface area contributed by atoms with Crippen molar-refractivity contribution in [1.82, 2.24) is 15.0 Å². The Hall–Kier alpha value is -2.80. The van der Waals surface area contributed by atoms with E-state index in [4.69, 9.17) is 10.1 Å². The summed E-state index contributed by atoms with van der Waals surface area (Å²) in [5, 5.41) is 13.2. The van der Waals surface area contributed by atoms with Crippen LogP contribution in [-0.4, -0.2) is 26.0 Å². The van der Waals surface area contributed by atoms with Gasteiger partial charge in [-0.3, -0.25) is 4.79 Å². The number of aromatic nitrogens is 3. The Kier molecular flexibility index (Phi) is 5.27. The zero-order chi connectivity index (χ0) is 18.7. The number of carbonyl (C=O) groups is 1. The Morgan fingerprint density at radius 2 is 1.92 bits per heavy atom.